The number of pyridine rings is 1. The van der Waals surface area contributed by atoms with E-state index in [1.165, 1.54) is 12.3 Å². The Morgan fingerprint density at radius 2 is 2.31 bits per heavy atom. The maximum absolute atomic E-state index is 11.3. The van der Waals surface area contributed by atoms with E-state index in [2.05, 4.69) is 4.98 Å². The van der Waals surface area contributed by atoms with E-state index in [0.717, 1.165) is 12.8 Å². The fraction of sp³-hybridized carbons (Fsp3) is 0.400. The van der Waals surface area contributed by atoms with Gasteiger partial charge in [-0.05, 0) is 18.9 Å². The van der Waals surface area contributed by atoms with Gasteiger partial charge in [-0.2, -0.15) is 0 Å². The normalized spacial score (nSPS) is 16.1. The number of aromatic nitrogens is 1. The molecule has 2 heterocycles. The number of hydrogen-bond donors (Lipinski definition) is 2. The van der Waals surface area contributed by atoms with Crippen LogP contribution in [0.3, 0.4) is 0 Å². The Balaban J connectivity index is 2.34. The van der Waals surface area contributed by atoms with Gasteiger partial charge in [0.15, 0.2) is 5.82 Å². The largest absolute Gasteiger partial charge is 0.397 e. The number of nitrogen functional groups attached to an aromatic ring is 1. The summed E-state index contributed by atoms with van der Waals surface area (Å²) in [4.78, 5) is 20.8. The molecule has 1 aliphatic heterocycles. The van der Waals surface area contributed by atoms with Crippen LogP contribution < -0.4 is 16.5 Å². The van der Waals surface area contributed by atoms with Gasteiger partial charge in [0.1, 0.15) is 0 Å². The topological polar surface area (TPSA) is 94.5 Å². The fourth-order valence-electron chi connectivity index (χ4n) is 1.62. The molecule has 6 heteroatoms. The van der Waals surface area contributed by atoms with Crippen LogP contribution in [-0.4, -0.2) is 24.0 Å². The molecule has 1 aliphatic rings. The lowest BCUT2D eigenvalue weighted by atomic mass is 10.2. The number of nitrogens with two attached hydrogens (primary N) is 2. The van der Waals surface area contributed by atoms with Gasteiger partial charge in [0.05, 0.1) is 24.1 Å². The third-order valence-corrected chi connectivity index (χ3v) is 2.39. The van der Waals surface area contributed by atoms with E-state index in [4.69, 9.17) is 16.3 Å². The number of anilines is 2. The Kier molecular flexibility index (Phi) is 2.91. The molecule has 1 amide bonds. The predicted molar refractivity (Wildman–Crippen MR) is 59.7 cm³/mol. The molecule has 0 spiro atoms. The first-order valence-electron chi connectivity index (χ1n) is 5.14. The number of carbonyl (C=O) groups excluding carboxylic acids is 1. The van der Waals surface area contributed by atoms with Crippen molar-refractivity contribution in [2.75, 3.05) is 23.9 Å². The molecule has 86 valence electrons. The van der Waals surface area contributed by atoms with Gasteiger partial charge in [-0.3, -0.25) is 9.63 Å². The minimum Gasteiger partial charge on any atom is -0.397 e. The number of nitrogens with zero attached hydrogens (tertiary/aromatic N) is 2. The van der Waals surface area contributed by atoms with Gasteiger partial charge < -0.3 is 11.5 Å². The lowest BCUT2D eigenvalue weighted by molar-refractivity contribution is 0.0750. The van der Waals surface area contributed by atoms with Gasteiger partial charge in [-0.15, -0.1) is 0 Å². The summed E-state index contributed by atoms with van der Waals surface area (Å²) >= 11 is 0. The molecule has 0 radical (unpaired) electrons. The molecule has 0 unspecified atom stereocenters. The van der Waals surface area contributed by atoms with Crippen LogP contribution in [0.1, 0.15) is 23.2 Å². The quantitative estimate of drug-likeness (QED) is 0.750. The summed E-state index contributed by atoms with van der Waals surface area (Å²) in [5, 5.41) is 1.60. The molecule has 0 aromatic carbocycles. The Bertz CT molecular complexity index is 402. The first kappa shape index (κ1) is 10.7. The van der Waals surface area contributed by atoms with E-state index < -0.39 is 5.91 Å². The Morgan fingerprint density at radius 1 is 1.50 bits per heavy atom. The van der Waals surface area contributed by atoms with Crippen LogP contribution in [0.4, 0.5) is 11.5 Å². The zero-order chi connectivity index (χ0) is 11.5. The van der Waals surface area contributed by atoms with Crippen LogP contribution in [0.15, 0.2) is 12.3 Å². The summed E-state index contributed by atoms with van der Waals surface area (Å²) in [5.74, 6) is -0.106. The average Bonchev–Trinajstić information content (AvgIpc) is 2.30. The Hall–Kier alpha value is -1.82. The molecule has 0 aliphatic carbocycles. The molecular formula is C10H14N4O2. The standard InChI is InChI=1S/C10H14N4O2/c11-7-5-8(9(12)15)10(13-6-7)14-3-1-2-4-16-14/h5-6H,1-4,11H2,(H2,12,15). The fourth-order valence-corrected chi connectivity index (χ4v) is 1.62. The lowest BCUT2D eigenvalue weighted by Crippen LogP contribution is -2.32. The summed E-state index contributed by atoms with van der Waals surface area (Å²) in [6.07, 6.45) is 3.50. The van der Waals surface area contributed by atoms with Gasteiger partial charge in [0.25, 0.3) is 5.91 Å². The van der Waals surface area contributed by atoms with Crippen LogP contribution in [0, 0.1) is 0 Å². The van der Waals surface area contributed by atoms with E-state index in [0.29, 0.717) is 30.2 Å². The lowest BCUT2D eigenvalue weighted by Gasteiger charge is -2.27. The maximum Gasteiger partial charge on any atom is 0.252 e. The Labute approximate surface area is 93.1 Å². The van der Waals surface area contributed by atoms with Crippen LogP contribution >= 0.6 is 0 Å². The monoisotopic (exact) mass is 222 g/mol. The molecule has 0 bridgehead atoms. The SMILES string of the molecule is NC(=O)c1cc(N)cnc1N1CCCCO1. The van der Waals surface area contributed by atoms with Crippen LogP contribution in [0.2, 0.25) is 0 Å². The minimum absolute atomic E-state index is 0.293. The highest BCUT2D eigenvalue weighted by Crippen LogP contribution is 2.22. The molecule has 6 nitrogen and oxygen atoms in total. The zero-order valence-electron chi connectivity index (χ0n) is 8.85. The summed E-state index contributed by atoms with van der Waals surface area (Å²) < 4.78 is 0. The van der Waals surface area contributed by atoms with E-state index in [1.54, 1.807) is 5.06 Å². The summed E-state index contributed by atoms with van der Waals surface area (Å²) in [6, 6.07) is 1.52. The molecular weight excluding hydrogens is 208 g/mol. The molecule has 2 rings (SSSR count). The van der Waals surface area contributed by atoms with Gasteiger partial charge in [-0.25, -0.2) is 10.0 Å². The minimum atomic E-state index is -0.552. The highest BCUT2D eigenvalue weighted by Gasteiger charge is 2.19. The molecule has 1 aromatic rings. The molecule has 1 aromatic heterocycles. The number of hydroxylamine groups is 1. The second kappa shape index (κ2) is 4.36. The number of carbonyl (C=O) groups is 1. The van der Waals surface area contributed by atoms with Crippen molar-refractivity contribution < 1.29 is 9.63 Å². The number of amides is 1. The summed E-state index contributed by atoms with van der Waals surface area (Å²) in [5.41, 5.74) is 11.5. The highest BCUT2D eigenvalue weighted by molar-refractivity contribution is 5.98. The van der Waals surface area contributed by atoms with Crippen molar-refractivity contribution in [2.45, 2.75) is 12.8 Å². The smallest absolute Gasteiger partial charge is 0.252 e. The van der Waals surface area contributed by atoms with Crippen molar-refractivity contribution >= 4 is 17.4 Å². The number of rotatable bonds is 2. The van der Waals surface area contributed by atoms with Gasteiger partial charge >= 0.3 is 0 Å². The van der Waals surface area contributed by atoms with Crippen molar-refractivity contribution in [3.05, 3.63) is 17.8 Å². The van der Waals surface area contributed by atoms with Crippen molar-refractivity contribution in [3.63, 3.8) is 0 Å². The molecule has 0 saturated carbocycles. The average molecular weight is 222 g/mol. The van der Waals surface area contributed by atoms with Crippen LogP contribution in [-0.2, 0) is 4.84 Å². The van der Waals surface area contributed by atoms with E-state index in [-0.39, 0.29) is 0 Å². The van der Waals surface area contributed by atoms with Crippen molar-refractivity contribution in [1.29, 1.82) is 0 Å². The van der Waals surface area contributed by atoms with Crippen molar-refractivity contribution in [3.8, 4) is 0 Å². The van der Waals surface area contributed by atoms with Crippen LogP contribution in [0.25, 0.3) is 0 Å². The number of hydrogen-bond acceptors (Lipinski definition) is 5. The second-order valence-electron chi connectivity index (χ2n) is 3.65. The molecule has 16 heavy (non-hydrogen) atoms. The summed E-state index contributed by atoms with van der Waals surface area (Å²) in [6.45, 7) is 1.33. The Morgan fingerprint density at radius 3 is 2.94 bits per heavy atom. The zero-order valence-corrected chi connectivity index (χ0v) is 8.85. The van der Waals surface area contributed by atoms with E-state index in [9.17, 15) is 4.79 Å². The van der Waals surface area contributed by atoms with E-state index in [1.807, 2.05) is 0 Å². The number of primary amides is 1. The summed E-state index contributed by atoms with van der Waals surface area (Å²) in [7, 11) is 0. The second-order valence-corrected chi connectivity index (χ2v) is 3.65. The molecule has 4 N–H and O–H groups in total. The first-order chi connectivity index (χ1) is 7.68. The van der Waals surface area contributed by atoms with Gasteiger partial charge in [0.2, 0.25) is 0 Å². The van der Waals surface area contributed by atoms with Crippen molar-refractivity contribution in [2.24, 2.45) is 5.73 Å². The molecule has 1 saturated heterocycles. The predicted octanol–water partition coefficient (Wildman–Crippen LogP) is 0.294. The molecule has 0 atom stereocenters. The van der Waals surface area contributed by atoms with Gasteiger partial charge in [0, 0.05) is 6.54 Å². The third-order valence-electron chi connectivity index (χ3n) is 2.39. The van der Waals surface area contributed by atoms with Gasteiger partial charge in [-0.1, -0.05) is 0 Å². The van der Waals surface area contributed by atoms with E-state index >= 15 is 0 Å². The van der Waals surface area contributed by atoms with Crippen LogP contribution in [0.5, 0.6) is 0 Å². The third kappa shape index (κ3) is 2.06. The van der Waals surface area contributed by atoms with Crippen molar-refractivity contribution in [1.82, 2.24) is 4.98 Å². The first-order valence-corrected chi connectivity index (χ1v) is 5.14. The molecule has 1 fully saturated rings. The maximum atomic E-state index is 11.3. The highest BCUT2D eigenvalue weighted by atomic mass is 16.7.